The molecule has 2 aliphatic heterocycles. The number of hydrogen-bond acceptors (Lipinski definition) is 3. The number of carbonyl (C=O) groups excluding carboxylic acids is 2. The molecule has 0 aromatic heterocycles. The molecule has 1 N–H and O–H groups in total. The average molecular weight is 384 g/mol. The fourth-order valence-corrected chi connectivity index (χ4v) is 3.80. The van der Waals surface area contributed by atoms with E-state index in [9.17, 15) is 9.59 Å². The number of rotatable bonds is 3. The van der Waals surface area contributed by atoms with E-state index in [1.807, 2.05) is 35.2 Å². The summed E-state index contributed by atoms with van der Waals surface area (Å²) in [6.07, 6.45) is 1.74. The third-order valence-corrected chi connectivity index (χ3v) is 5.50. The van der Waals surface area contributed by atoms with Crippen LogP contribution in [0, 0.1) is 0 Å². The molecule has 5 nitrogen and oxygen atoms in total. The van der Waals surface area contributed by atoms with E-state index >= 15 is 0 Å². The summed E-state index contributed by atoms with van der Waals surface area (Å²) in [5.74, 6) is 0.244. The maximum Gasteiger partial charge on any atom is 0.227 e. The lowest BCUT2D eigenvalue weighted by atomic mass is 10.0. The Morgan fingerprint density at radius 2 is 1.74 bits per heavy atom. The summed E-state index contributed by atoms with van der Waals surface area (Å²) in [6.45, 7) is 3.08. The van der Waals surface area contributed by atoms with Crippen molar-refractivity contribution in [2.24, 2.45) is 0 Å². The number of nitrogens with one attached hydrogen (secondary N) is 1. The molecule has 2 amide bonds. The summed E-state index contributed by atoms with van der Waals surface area (Å²) in [6, 6.07) is 13.7. The van der Waals surface area contributed by atoms with Gasteiger partial charge in [-0.1, -0.05) is 23.7 Å². The smallest absolute Gasteiger partial charge is 0.227 e. The second-order valence-electron chi connectivity index (χ2n) is 7.06. The van der Waals surface area contributed by atoms with Gasteiger partial charge in [0.05, 0.1) is 6.42 Å². The summed E-state index contributed by atoms with van der Waals surface area (Å²) < 4.78 is 0. The number of carbonyl (C=O) groups is 2. The molecular formula is C21H22ClN3O2. The van der Waals surface area contributed by atoms with E-state index in [1.165, 1.54) is 5.56 Å². The van der Waals surface area contributed by atoms with Crippen molar-refractivity contribution in [3.05, 3.63) is 58.6 Å². The Morgan fingerprint density at radius 1 is 1.00 bits per heavy atom. The summed E-state index contributed by atoms with van der Waals surface area (Å²) in [7, 11) is 0. The predicted molar refractivity (Wildman–Crippen MR) is 107 cm³/mol. The molecule has 0 atom stereocenters. The summed E-state index contributed by atoms with van der Waals surface area (Å²) >= 11 is 5.90. The van der Waals surface area contributed by atoms with Crippen LogP contribution in [0.25, 0.3) is 0 Å². The zero-order chi connectivity index (χ0) is 18.8. The first-order chi connectivity index (χ1) is 13.1. The summed E-state index contributed by atoms with van der Waals surface area (Å²) in [5, 5.41) is 3.60. The number of benzene rings is 2. The number of amides is 2. The first kappa shape index (κ1) is 17.9. The Labute approximate surface area is 163 Å². The number of halogens is 1. The zero-order valence-electron chi connectivity index (χ0n) is 15.1. The van der Waals surface area contributed by atoms with Gasteiger partial charge in [0.1, 0.15) is 0 Å². The molecule has 2 aromatic rings. The van der Waals surface area contributed by atoms with E-state index in [1.54, 1.807) is 0 Å². The van der Waals surface area contributed by atoms with E-state index in [-0.39, 0.29) is 11.8 Å². The zero-order valence-corrected chi connectivity index (χ0v) is 15.8. The third kappa shape index (κ3) is 4.08. The Balaban J connectivity index is 1.35. The molecule has 4 rings (SSSR count). The van der Waals surface area contributed by atoms with Crippen molar-refractivity contribution in [1.29, 1.82) is 0 Å². The highest BCUT2D eigenvalue weighted by Gasteiger charge is 2.22. The molecule has 0 spiro atoms. The highest BCUT2D eigenvalue weighted by Crippen LogP contribution is 2.28. The topological polar surface area (TPSA) is 52.7 Å². The van der Waals surface area contributed by atoms with Crippen molar-refractivity contribution >= 4 is 34.8 Å². The lowest BCUT2D eigenvalue weighted by Gasteiger charge is -2.36. The normalized spacial score (nSPS) is 16.7. The van der Waals surface area contributed by atoms with E-state index in [0.717, 1.165) is 49.5 Å². The van der Waals surface area contributed by atoms with Crippen LogP contribution < -0.4 is 10.2 Å². The molecule has 0 bridgehead atoms. The SMILES string of the molecule is O=C1CCc2cc(N3CCN(C(=O)Cc4ccc(Cl)cc4)CC3)ccc2N1. The molecule has 2 aromatic carbocycles. The van der Waals surface area contributed by atoms with Crippen molar-refractivity contribution < 1.29 is 9.59 Å². The first-order valence-corrected chi connectivity index (χ1v) is 9.66. The van der Waals surface area contributed by atoms with Gasteiger partial charge >= 0.3 is 0 Å². The molecular weight excluding hydrogens is 362 g/mol. The molecule has 140 valence electrons. The molecule has 0 radical (unpaired) electrons. The van der Waals surface area contributed by atoms with Gasteiger partial charge < -0.3 is 15.1 Å². The van der Waals surface area contributed by atoms with Crippen LogP contribution >= 0.6 is 11.6 Å². The van der Waals surface area contributed by atoms with E-state index in [2.05, 4.69) is 22.3 Å². The maximum atomic E-state index is 12.6. The fourth-order valence-electron chi connectivity index (χ4n) is 3.67. The lowest BCUT2D eigenvalue weighted by Crippen LogP contribution is -2.49. The van der Waals surface area contributed by atoms with Crippen molar-refractivity contribution in [2.75, 3.05) is 36.4 Å². The number of aryl methyl sites for hydroxylation is 1. The fraction of sp³-hybridized carbons (Fsp3) is 0.333. The molecule has 6 heteroatoms. The van der Waals surface area contributed by atoms with E-state index in [0.29, 0.717) is 17.9 Å². The molecule has 0 aliphatic carbocycles. The first-order valence-electron chi connectivity index (χ1n) is 9.28. The second kappa shape index (κ2) is 7.61. The second-order valence-corrected chi connectivity index (χ2v) is 7.50. The van der Waals surface area contributed by atoms with Crippen LogP contribution in [0.4, 0.5) is 11.4 Å². The van der Waals surface area contributed by atoms with Crippen LogP contribution in [-0.4, -0.2) is 42.9 Å². The standard InChI is InChI=1S/C21H22ClN3O2/c22-17-4-1-15(2-5-17)13-21(27)25-11-9-24(10-12-25)18-6-7-19-16(14-18)3-8-20(26)23-19/h1-2,4-7,14H,3,8-13H2,(H,23,26). The molecule has 2 aliphatic rings. The third-order valence-electron chi connectivity index (χ3n) is 5.25. The quantitative estimate of drug-likeness (QED) is 0.886. The van der Waals surface area contributed by atoms with Gasteiger partial charge in [-0.15, -0.1) is 0 Å². The largest absolute Gasteiger partial charge is 0.368 e. The summed E-state index contributed by atoms with van der Waals surface area (Å²) in [5.41, 5.74) is 4.26. The van der Waals surface area contributed by atoms with Crippen LogP contribution in [-0.2, 0) is 22.4 Å². The lowest BCUT2D eigenvalue weighted by molar-refractivity contribution is -0.130. The van der Waals surface area contributed by atoms with Gasteiger partial charge in [0, 0.05) is 49.0 Å². The van der Waals surface area contributed by atoms with Crippen LogP contribution in [0.3, 0.4) is 0 Å². The molecule has 27 heavy (non-hydrogen) atoms. The molecule has 0 unspecified atom stereocenters. The van der Waals surface area contributed by atoms with Crippen LogP contribution in [0.15, 0.2) is 42.5 Å². The maximum absolute atomic E-state index is 12.6. The molecule has 2 heterocycles. The van der Waals surface area contributed by atoms with Gasteiger partial charge in [0.25, 0.3) is 0 Å². The number of hydrogen-bond donors (Lipinski definition) is 1. The predicted octanol–water partition coefficient (Wildman–Crippen LogP) is 3.12. The molecule has 0 saturated carbocycles. The average Bonchev–Trinajstić information content (AvgIpc) is 2.69. The molecule has 1 saturated heterocycles. The Hall–Kier alpha value is -2.53. The Morgan fingerprint density at radius 3 is 2.48 bits per heavy atom. The minimum absolute atomic E-state index is 0.0862. The minimum Gasteiger partial charge on any atom is -0.368 e. The number of anilines is 2. The van der Waals surface area contributed by atoms with Crippen molar-refractivity contribution in [2.45, 2.75) is 19.3 Å². The van der Waals surface area contributed by atoms with Gasteiger partial charge in [-0.25, -0.2) is 0 Å². The molecule has 1 fully saturated rings. The van der Waals surface area contributed by atoms with Crippen molar-refractivity contribution in [3.63, 3.8) is 0 Å². The van der Waals surface area contributed by atoms with Crippen LogP contribution in [0.5, 0.6) is 0 Å². The van der Waals surface area contributed by atoms with Gasteiger partial charge in [-0.3, -0.25) is 9.59 Å². The van der Waals surface area contributed by atoms with Gasteiger partial charge in [0.2, 0.25) is 11.8 Å². The van der Waals surface area contributed by atoms with E-state index in [4.69, 9.17) is 11.6 Å². The number of piperazine rings is 1. The van der Waals surface area contributed by atoms with Gasteiger partial charge in [-0.05, 0) is 47.9 Å². The highest BCUT2D eigenvalue weighted by molar-refractivity contribution is 6.30. The number of nitrogens with zero attached hydrogens (tertiary/aromatic N) is 2. The van der Waals surface area contributed by atoms with Crippen LogP contribution in [0.1, 0.15) is 17.5 Å². The van der Waals surface area contributed by atoms with Gasteiger partial charge in [0.15, 0.2) is 0 Å². The van der Waals surface area contributed by atoms with Crippen molar-refractivity contribution in [1.82, 2.24) is 4.90 Å². The van der Waals surface area contributed by atoms with Crippen LogP contribution in [0.2, 0.25) is 5.02 Å². The monoisotopic (exact) mass is 383 g/mol. The number of fused-ring (bicyclic) bond motifs is 1. The highest BCUT2D eigenvalue weighted by atomic mass is 35.5. The van der Waals surface area contributed by atoms with Crippen molar-refractivity contribution in [3.8, 4) is 0 Å². The van der Waals surface area contributed by atoms with E-state index < -0.39 is 0 Å². The summed E-state index contributed by atoms with van der Waals surface area (Å²) in [4.78, 5) is 28.3. The Bertz CT molecular complexity index is 858. The van der Waals surface area contributed by atoms with Gasteiger partial charge in [-0.2, -0.15) is 0 Å². The Kier molecular flexibility index (Phi) is 5.03. The minimum atomic E-state index is 0.0862.